The summed E-state index contributed by atoms with van der Waals surface area (Å²) in [5.41, 5.74) is 10.9. The zero-order valence-electron chi connectivity index (χ0n) is 21.5. The first-order chi connectivity index (χ1) is 19.9. The average Bonchev–Trinajstić information content (AvgIpc) is 3.60. The van der Waals surface area contributed by atoms with E-state index in [9.17, 15) is 4.79 Å². The molecule has 2 heterocycles. The molecule has 0 aliphatic carbocycles. The quantitative estimate of drug-likeness (QED) is 0.158. The summed E-state index contributed by atoms with van der Waals surface area (Å²) in [6.45, 7) is 2.60. The first kappa shape index (κ1) is 27.8. The lowest BCUT2D eigenvalue weighted by Gasteiger charge is -2.14. The van der Waals surface area contributed by atoms with Crippen LogP contribution in [0.15, 0.2) is 80.9 Å². The fourth-order valence-electron chi connectivity index (χ4n) is 3.78. The Bertz CT molecular complexity index is 1690. The minimum atomic E-state index is -0.612. The summed E-state index contributed by atoms with van der Waals surface area (Å²) in [7, 11) is 0. The second kappa shape index (κ2) is 12.6. The number of nitrogen functional groups attached to an aromatic ring is 1. The van der Waals surface area contributed by atoms with Gasteiger partial charge >= 0.3 is 0 Å². The summed E-state index contributed by atoms with van der Waals surface area (Å²) in [5, 5.41) is 20.3. The highest BCUT2D eigenvalue weighted by Crippen LogP contribution is 2.37. The van der Waals surface area contributed by atoms with Crippen molar-refractivity contribution in [2.24, 2.45) is 5.10 Å². The number of benzene rings is 3. The van der Waals surface area contributed by atoms with Crippen LogP contribution in [0.5, 0.6) is 11.5 Å². The minimum Gasteiger partial charge on any atom is -0.490 e. The maximum atomic E-state index is 13.3. The Morgan fingerprint density at radius 1 is 1.15 bits per heavy atom. The largest absolute Gasteiger partial charge is 0.490 e. The number of hydrogen-bond donors (Lipinski definition) is 2. The molecule has 0 bridgehead atoms. The van der Waals surface area contributed by atoms with Gasteiger partial charge in [0.05, 0.1) is 17.3 Å². The topological polar surface area (TPSA) is 156 Å². The van der Waals surface area contributed by atoms with E-state index in [0.717, 1.165) is 10.2 Å². The second-order valence-electron chi connectivity index (χ2n) is 8.41. The summed E-state index contributed by atoms with van der Waals surface area (Å²) in [5.74, 6) is 0.391. The lowest BCUT2D eigenvalue weighted by Crippen LogP contribution is -2.22. The number of nitrogens with one attached hydrogen (secondary N) is 1. The van der Waals surface area contributed by atoms with Crippen molar-refractivity contribution < 1.29 is 18.9 Å². The number of carbonyl (C=O) groups excluding carboxylic acids is 1. The van der Waals surface area contributed by atoms with Gasteiger partial charge in [-0.3, -0.25) is 4.79 Å². The Hall–Kier alpha value is -4.75. The van der Waals surface area contributed by atoms with Gasteiger partial charge < -0.3 is 15.2 Å². The lowest BCUT2D eigenvalue weighted by molar-refractivity contribution is 0.0947. The number of nitrogens with two attached hydrogens (primary N) is 1. The highest BCUT2D eigenvalue weighted by atomic mass is 79.9. The molecule has 5 aromatic rings. The number of hydrazone groups is 1. The van der Waals surface area contributed by atoms with Crippen molar-refractivity contribution in [2.75, 3.05) is 12.3 Å². The van der Waals surface area contributed by atoms with Gasteiger partial charge in [0.25, 0.3) is 5.91 Å². The van der Waals surface area contributed by atoms with Gasteiger partial charge in [-0.15, -0.1) is 5.10 Å². The monoisotopic (exact) mass is 636 g/mol. The molecule has 12 nitrogen and oxygen atoms in total. The molecule has 3 aromatic carbocycles. The van der Waals surface area contributed by atoms with Crippen molar-refractivity contribution in [2.45, 2.75) is 13.5 Å². The SMILES string of the molecule is CCOc1cc(C=NNC(=O)c2c(-c3ccccc3)nnn2-c2nonc2N)cc(Br)c1OCc1ccc(Cl)cc1. The van der Waals surface area contributed by atoms with Gasteiger partial charge in [0.2, 0.25) is 11.6 Å². The van der Waals surface area contributed by atoms with E-state index < -0.39 is 5.91 Å². The van der Waals surface area contributed by atoms with Gasteiger partial charge in [0.15, 0.2) is 17.2 Å². The zero-order chi connectivity index (χ0) is 28.8. The number of halogens is 2. The van der Waals surface area contributed by atoms with Crippen LogP contribution < -0.4 is 20.6 Å². The van der Waals surface area contributed by atoms with Crippen LogP contribution in [-0.2, 0) is 6.61 Å². The van der Waals surface area contributed by atoms with Crippen LogP contribution >= 0.6 is 27.5 Å². The number of rotatable bonds is 10. The Morgan fingerprint density at radius 3 is 2.63 bits per heavy atom. The van der Waals surface area contributed by atoms with Gasteiger partial charge in [-0.1, -0.05) is 59.3 Å². The molecule has 41 heavy (non-hydrogen) atoms. The number of hydrogen-bond acceptors (Lipinski definition) is 10. The molecule has 0 saturated carbocycles. The maximum absolute atomic E-state index is 13.3. The molecule has 0 spiro atoms. The van der Waals surface area contributed by atoms with Crippen molar-refractivity contribution in [1.29, 1.82) is 0 Å². The molecule has 0 atom stereocenters. The number of aromatic nitrogens is 5. The van der Waals surface area contributed by atoms with E-state index in [4.69, 9.17) is 26.8 Å². The van der Waals surface area contributed by atoms with E-state index >= 15 is 0 Å². The first-order valence-electron chi connectivity index (χ1n) is 12.2. The van der Waals surface area contributed by atoms with Crippen LogP contribution in [0.2, 0.25) is 5.02 Å². The molecule has 5 rings (SSSR count). The predicted octanol–water partition coefficient (Wildman–Crippen LogP) is 5.06. The maximum Gasteiger partial charge on any atom is 0.292 e. The highest BCUT2D eigenvalue weighted by molar-refractivity contribution is 9.10. The molecule has 1 amide bonds. The van der Waals surface area contributed by atoms with Crippen molar-refractivity contribution in [3.63, 3.8) is 0 Å². The van der Waals surface area contributed by atoms with Crippen molar-refractivity contribution in [3.05, 3.63) is 93.0 Å². The van der Waals surface area contributed by atoms with Crippen LogP contribution in [0, 0.1) is 0 Å². The number of nitrogens with zero attached hydrogens (tertiary/aromatic N) is 6. The molecule has 14 heteroatoms. The third-order valence-corrected chi connectivity index (χ3v) is 6.48. The fraction of sp³-hybridized carbons (Fsp3) is 0.111. The van der Waals surface area contributed by atoms with E-state index in [1.165, 1.54) is 6.21 Å². The molecule has 0 unspecified atom stereocenters. The molecule has 0 fully saturated rings. The van der Waals surface area contributed by atoms with Crippen molar-refractivity contribution >= 4 is 45.5 Å². The van der Waals surface area contributed by atoms with Crippen LogP contribution in [0.4, 0.5) is 5.82 Å². The summed E-state index contributed by atoms with van der Waals surface area (Å²) in [6, 6.07) is 20.0. The third-order valence-electron chi connectivity index (χ3n) is 5.64. The Balaban J connectivity index is 1.38. The molecule has 0 saturated heterocycles. The van der Waals surface area contributed by atoms with Crippen molar-refractivity contribution in [1.82, 2.24) is 30.7 Å². The number of amides is 1. The fourth-order valence-corrected chi connectivity index (χ4v) is 4.48. The summed E-state index contributed by atoms with van der Waals surface area (Å²) in [4.78, 5) is 13.3. The van der Waals surface area contributed by atoms with E-state index in [-0.39, 0.29) is 17.3 Å². The van der Waals surface area contributed by atoms with E-state index in [1.807, 2.05) is 37.3 Å². The molecule has 0 aliphatic rings. The second-order valence-corrected chi connectivity index (χ2v) is 9.71. The van der Waals surface area contributed by atoms with Crippen LogP contribution in [-0.4, -0.2) is 44.0 Å². The molecule has 0 radical (unpaired) electrons. The Morgan fingerprint density at radius 2 is 1.93 bits per heavy atom. The molecule has 0 aliphatic heterocycles. The number of carbonyl (C=O) groups is 1. The molecular weight excluding hydrogens is 616 g/mol. The van der Waals surface area contributed by atoms with E-state index in [2.05, 4.69) is 51.7 Å². The number of anilines is 1. The molecule has 3 N–H and O–H groups in total. The van der Waals surface area contributed by atoms with Crippen LogP contribution in [0.3, 0.4) is 0 Å². The smallest absolute Gasteiger partial charge is 0.292 e. The summed E-state index contributed by atoms with van der Waals surface area (Å²) < 4.78 is 18.3. The van der Waals surface area contributed by atoms with Crippen LogP contribution in [0.25, 0.3) is 17.1 Å². The summed E-state index contributed by atoms with van der Waals surface area (Å²) in [6.07, 6.45) is 1.47. The Kier molecular flexibility index (Phi) is 8.56. The molecule has 2 aromatic heterocycles. The van der Waals surface area contributed by atoms with Crippen LogP contribution in [0.1, 0.15) is 28.5 Å². The average molecular weight is 638 g/mol. The first-order valence-corrected chi connectivity index (χ1v) is 13.4. The number of ether oxygens (including phenoxy) is 2. The lowest BCUT2D eigenvalue weighted by atomic mass is 10.1. The van der Waals surface area contributed by atoms with Gasteiger partial charge in [-0.05, 0) is 68.6 Å². The van der Waals surface area contributed by atoms with Crippen molar-refractivity contribution in [3.8, 4) is 28.6 Å². The highest BCUT2D eigenvalue weighted by Gasteiger charge is 2.26. The third kappa shape index (κ3) is 6.36. The summed E-state index contributed by atoms with van der Waals surface area (Å²) >= 11 is 9.52. The van der Waals surface area contributed by atoms with E-state index in [1.54, 1.807) is 36.4 Å². The zero-order valence-corrected chi connectivity index (χ0v) is 23.8. The van der Waals surface area contributed by atoms with Gasteiger partial charge in [-0.25, -0.2) is 10.1 Å². The van der Waals surface area contributed by atoms with E-state index in [0.29, 0.717) is 51.0 Å². The minimum absolute atomic E-state index is 0.0216. The Labute approximate surface area is 247 Å². The normalized spacial score (nSPS) is 11.1. The molecule has 208 valence electrons. The molecular formula is C27H22BrClN8O4. The van der Waals surface area contributed by atoms with Gasteiger partial charge in [0.1, 0.15) is 12.3 Å². The predicted molar refractivity (Wildman–Crippen MR) is 155 cm³/mol. The van der Waals surface area contributed by atoms with Gasteiger partial charge in [-0.2, -0.15) is 9.78 Å². The van der Waals surface area contributed by atoms with Gasteiger partial charge in [0, 0.05) is 10.6 Å². The standard InChI is InChI=1S/C27H22BrClN8O4/c1-2-39-21-13-17(12-20(28)24(21)40-15-16-8-10-19(29)11-9-16)14-31-33-27(38)23-22(18-6-4-3-5-7-18)32-36-37(23)26-25(30)34-41-35-26/h3-14H,2,15H2,1H3,(H2,30,34)(H,33,38).